The van der Waals surface area contributed by atoms with Gasteiger partial charge < -0.3 is 9.32 Å². The zero-order valence-corrected chi connectivity index (χ0v) is 30.3. The third-order valence-electron chi connectivity index (χ3n) is 12.2. The molecule has 1 heterocycles. The van der Waals surface area contributed by atoms with Gasteiger partial charge in [0.05, 0.1) is 16.8 Å². The first-order valence-electron chi connectivity index (χ1n) is 18.9. The van der Waals surface area contributed by atoms with Crippen molar-refractivity contribution in [3.05, 3.63) is 221 Å². The van der Waals surface area contributed by atoms with Crippen molar-refractivity contribution in [2.45, 2.75) is 24.7 Å². The summed E-state index contributed by atoms with van der Waals surface area (Å²) in [7, 11) is 0. The van der Waals surface area contributed by atoms with Crippen LogP contribution < -0.4 is 4.90 Å². The summed E-state index contributed by atoms with van der Waals surface area (Å²) in [6, 6.07) is 68.7. The number of anilines is 3. The van der Waals surface area contributed by atoms with E-state index in [4.69, 9.17) is 4.42 Å². The van der Waals surface area contributed by atoms with E-state index < -0.39 is 5.41 Å². The largest absolute Gasteiger partial charge is 0.454 e. The second kappa shape index (κ2) is 11.4. The molecule has 0 saturated carbocycles. The molecule has 0 saturated heterocycles. The summed E-state index contributed by atoms with van der Waals surface area (Å²) in [6.45, 7) is 4.70. The van der Waals surface area contributed by atoms with Crippen LogP contribution in [0.1, 0.15) is 47.2 Å². The quantitative estimate of drug-likeness (QED) is 0.179. The number of fused-ring (bicyclic) bond motifs is 9. The third-order valence-corrected chi connectivity index (χ3v) is 12.2. The van der Waals surface area contributed by atoms with Gasteiger partial charge in [0, 0.05) is 27.4 Å². The van der Waals surface area contributed by atoms with Crippen LogP contribution in [0.15, 0.2) is 192 Å². The molecule has 0 aliphatic heterocycles. The zero-order chi connectivity index (χ0) is 36.0. The Morgan fingerprint density at radius 3 is 1.72 bits per heavy atom. The first-order chi connectivity index (χ1) is 26.6. The first kappa shape index (κ1) is 30.9. The first-order valence-corrected chi connectivity index (χ1v) is 18.9. The van der Waals surface area contributed by atoms with Gasteiger partial charge in [0.1, 0.15) is 5.58 Å². The average Bonchev–Trinajstić information content (AvgIpc) is 3.84. The number of hydrogen-bond acceptors (Lipinski definition) is 2. The van der Waals surface area contributed by atoms with E-state index in [-0.39, 0.29) is 5.41 Å². The molecule has 0 bridgehead atoms. The van der Waals surface area contributed by atoms with E-state index in [1.165, 1.54) is 55.6 Å². The Kier molecular flexibility index (Phi) is 6.55. The number of nitrogens with zero attached hydrogens (tertiary/aromatic N) is 1. The van der Waals surface area contributed by atoms with Crippen molar-refractivity contribution >= 4 is 39.0 Å². The Balaban J connectivity index is 1.28. The Morgan fingerprint density at radius 1 is 0.426 bits per heavy atom. The molecule has 54 heavy (non-hydrogen) atoms. The predicted octanol–water partition coefficient (Wildman–Crippen LogP) is 13.7. The van der Waals surface area contributed by atoms with Gasteiger partial charge in [0.25, 0.3) is 0 Å². The average molecular weight is 692 g/mol. The van der Waals surface area contributed by atoms with Gasteiger partial charge in [-0.05, 0) is 80.4 Å². The summed E-state index contributed by atoms with van der Waals surface area (Å²) in [6.07, 6.45) is 0. The second-order valence-electron chi connectivity index (χ2n) is 15.2. The molecule has 0 atom stereocenters. The van der Waals surface area contributed by atoms with E-state index in [1.54, 1.807) is 0 Å². The summed E-state index contributed by atoms with van der Waals surface area (Å²) >= 11 is 0. The second-order valence-corrected chi connectivity index (χ2v) is 15.2. The summed E-state index contributed by atoms with van der Waals surface area (Å²) < 4.78 is 7.15. The highest BCUT2D eigenvalue weighted by Crippen LogP contribution is 2.60. The van der Waals surface area contributed by atoms with Gasteiger partial charge in [-0.15, -0.1) is 0 Å². The maximum atomic E-state index is 7.15. The third kappa shape index (κ3) is 4.06. The molecule has 0 unspecified atom stereocenters. The van der Waals surface area contributed by atoms with Crippen molar-refractivity contribution in [2.24, 2.45) is 0 Å². The van der Waals surface area contributed by atoms with Gasteiger partial charge in [0.15, 0.2) is 5.58 Å². The molecule has 8 aromatic carbocycles. The molecule has 0 N–H and O–H groups in total. The van der Waals surface area contributed by atoms with Crippen LogP contribution in [0, 0.1) is 0 Å². The molecular formula is C52H37NO. The van der Waals surface area contributed by atoms with Gasteiger partial charge in [-0.25, -0.2) is 0 Å². The summed E-state index contributed by atoms with van der Waals surface area (Å²) in [5.41, 5.74) is 17.1. The molecule has 1 aromatic heterocycles. The van der Waals surface area contributed by atoms with E-state index >= 15 is 0 Å². The van der Waals surface area contributed by atoms with Crippen LogP contribution in [-0.4, -0.2) is 0 Å². The van der Waals surface area contributed by atoms with Crippen LogP contribution in [0.3, 0.4) is 0 Å². The molecule has 0 spiro atoms. The minimum Gasteiger partial charge on any atom is -0.454 e. The van der Waals surface area contributed by atoms with Crippen molar-refractivity contribution in [2.75, 3.05) is 4.90 Å². The number of rotatable bonds is 5. The number of benzene rings is 8. The molecule has 2 aliphatic carbocycles. The fourth-order valence-corrected chi connectivity index (χ4v) is 9.89. The molecule has 9 aromatic rings. The van der Waals surface area contributed by atoms with Gasteiger partial charge in [-0.2, -0.15) is 0 Å². The monoisotopic (exact) mass is 691 g/mol. The molecule has 0 radical (unpaired) electrons. The lowest BCUT2D eigenvalue weighted by atomic mass is 9.66. The highest BCUT2D eigenvalue weighted by Gasteiger charge is 2.47. The number of furan rings is 1. The molecule has 11 rings (SSSR count). The topological polar surface area (TPSA) is 16.4 Å². The molecular weight excluding hydrogens is 655 g/mol. The van der Waals surface area contributed by atoms with Crippen molar-refractivity contribution < 1.29 is 4.42 Å². The fourth-order valence-electron chi connectivity index (χ4n) is 9.89. The molecule has 256 valence electrons. The lowest BCUT2D eigenvalue weighted by molar-refractivity contribution is 0.660. The van der Waals surface area contributed by atoms with Gasteiger partial charge >= 0.3 is 0 Å². The molecule has 0 fully saturated rings. The molecule has 2 heteroatoms. The zero-order valence-electron chi connectivity index (χ0n) is 30.3. The van der Waals surface area contributed by atoms with Crippen LogP contribution in [0.5, 0.6) is 0 Å². The Bertz CT molecular complexity index is 2870. The highest BCUT2D eigenvalue weighted by molar-refractivity contribution is 6.14. The molecule has 2 aliphatic rings. The van der Waals surface area contributed by atoms with E-state index in [0.29, 0.717) is 0 Å². The van der Waals surface area contributed by atoms with Crippen LogP contribution in [-0.2, 0) is 10.8 Å². The lowest BCUT2D eigenvalue weighted by Gasteiger charge is -2.35. The standard InChI is InChI=1S/C52H37NO/c1-51(2)40-26-13-11-24-38(40)48-43(51)29-17-30-45(48)53(35-20-7-4-8-21-35)46-33-32-44(49-39-25-12-16-31-47(39)54-50(46)49)52(34-18-5-3-6-19-34)41-27-14-9-22-36(41)37-23-10-15-28-42(37)52/h3-33H,1-2H3. The minimum atomic E-state index is -0.577. The Morgan fingerprint density at radius 2 is 1.00 bits per heavy atom. The lowest BCUT2D eigenvalue weighted by Crippen LogP contribution is -2.29. The van der Waals surface area contributed by atoms with E-state index in [9.17, 15) is 0 Å². The predicted molar refractivity (Wildman–Crippen MR) is 223 cm³/mol. The Labute approximate surface area is 315 Å². The minimum absolute atomic E-state index is 0.131. The maximum absolute atomic E-state index is 7.15. The summed E-state index contributed by atoms with van der Waals surface area (Å²) in [5, 5.41) is 2.24. The van der Waals surface area contributed by atoms with E-state index in [1.807, 2.05) is 0 Å². The molecule has 0 amide bonds. The van der Waals surface area contributed by atoms with Crippen LogP contribution >= 0.6 is 0 Å². The normalized spacial score (nSPS) is 14.4. The maximum Gasteiger partial charge on any atom is 0.159 e. The van der Waals surface area contributed by atoms with Crippen molar-refractivity contribution in [1.82, 2.24) is 0 Å². The van der Waals surface area contributed by atoms with Gasteiger partial charge in [-0.3, -0.25) is 0 Å². The Hall–Kier alpha value is -6.64. The van der Waals surface area contributed by atoms with E-state index in [0.717, 1.165) is 39.0 Å². The van der Waals surface area contributed by atoms with Crippen LogP contribution in [0.4, 0.5) is 17.1 Å². The highest BCUT2D eigenvalue weighted by atomic mass is 16.3. The van der Waals surface area contributed by atoms with Crippen LogP contribution in [0.2, 0.25) is 0 Å². The summed E-state index contributed by atoms with van der Waals surface area (Å²) in [5.74, 6) is 0. The van der Waals surface area contributed by atoms with Crippen molar-refractivity contribution in [3.8, 4) is 22.3 Å². The van der Waals surface area contributed by atoms with Crippen molar-refractivity contribution in [1.29, 1.82) is 0 Å². The van der Waals surface area contributed by atoms with Gasteiger partial charge in [-0.1, -0.05) is 172 Å². The van der Waals surface area contributed by atoms with Crippen molar-refractivity contribution in [3.63, 3.8) is 0 Å². The van der Waals surface area contributed by atoms with Gasteiger partial charge in [0.2, 0.25) is 0 Å². The number of para-hydroxylation sites is 2. The smallest absolute Gasteiger partial charge is 0.159 e. The van der Waals surface area contributed by atoms with Crippen LogP contribution in [0.25, 0.3) is 44.2 Å². The van der Waals surface area contributed by atoms with E-state index in [2.05, 4.69) is 207 Å². The summed E-state index contributed by atoms with van der Waals surface area (Å²) in [4.78, 5) is 2.43. The fraction of sp³-hybridized carbons (Fsp3) is 0.0769. The molecule has 2 nitrogen and oxygen atoms in total. The number of hydrogen-bond donors (Lipinski definition) is 0. The SMILES string of the molecule is CC1(C)c2ccccc2-c2c(N(c3ccccc3)c3ccc(C4(c5ccccc5)c5ccccc5-c5ccccc54)c4c3oc3ccccc34)cccc21.